The van der Waals surface area contributed by atoms with Gasteiger partial charge in [-0.2, -0.15) is 4.31 Å². The van der Waals surface area contributed by atoms with Gasteiger partial charge in [0, 0.05) is 31.1 Å². The number of benzene rings is 2. The quantitative estimate of drug-likeness (QED) is 0.677. The Kier molecular flexibility index (Phi) is 6.31. The van der Waals surface area contributed by atoms with E-state index in [2.05, 4.69) is 0 Å². The zero-order valence-corrected chi connectivity index (χ0v) is 18.7. The topological polar surface area (TPSA) is 96.4 Å². The molecular weight excluding hydrogens is 440 g/mol. The molecular formula is C21H24N2O6S2. The van der Waals surface area contributed by atoms with Crippen molar-refractivity contribution in [3.8, 4) is 17.2 Å². The summed E-state index contributed by atoms with van der Waals surface area (Å²) in [6.07, 6.45) is 0. The lowest BCUT2D eigenvalue weighted by atomic mass is 10.2. The number of nitrogens with zero attached hydrogens (tertiary/aromatic N) is 2. The lowest BCUT2D eigenvalue weighted by Gasteiger charge is -2.34. The number of rotatable bonds is 5. The summed E-state index contributed by atoms with van der Waals surface area (Å²) in [7, 11) is -3.81. The molecule has 0 saturated carbocycles. The summed E-state index contributed by atoms with van der Waals surface area (Å²) in [4.78, 5) is 15.1. The summed E-state index contributed by atoms with van der Waals surface area (Å²) < 4.78 is 38.2. The highest BCUT2D eigenvalue weighted by Crippen LogP contribution is 2.34. The first-order valence-electron chi connectivity index (χ1n) is 9.94. The molecule has 2 heterocycles. The minimum absolute atomic E-state index is 0.0460. The Morgan fingerprint density at radius 1 is 1.03 bits per heavy atom. The molecule has 10 heteroatoms. The second-order valence-corrected chi connectivity index (χ2v) is 10.3. The van der Waals surface area contributed by atoms with Crippen molar-refractivity contribution >= 4 is 27.7 Å². The summed E-state index contributed by atoms with van der Waals surface area (Å²) in [5, 5.41) is 10.0. The second kappa shape index (κ2) is 8.97. The van der Waals surface area contributed by atoms with E-state index in [1.807, 2.05) is 18.2 Å². The van der Waals surface area contributed by atoms with Crippen molar-refractivity contribution in [3.63, 3.8) is 0 Å². The highest BCUT2D eigenvalue weighted by Gasteiger charge is 2.31. The number of phenols is 1. The van der Waals surface area contributed by atoms with E-state index in [4.69, 9.17) is 9.47 Å². The molecule has 4 rings (SSSR count). The number of hydrogen-bond donors (Lipinski definition) is 1. The summed E-state index contributed by atoms with van der Waals surface area (Å²) in [6, 6.07) is 10.1. The molecule has 2 aliphatic rings. The highest BCUT2D eigenvalue weighted by atomic mass is 32.2. The van der Waals surface area contributed by atoms with Crippen LogP contribution in [-0.2, 0) is 14.8 Å². The fraction of sp³-hybridized carbons (Fsp3) is 0.381. The molecule has 2 aromatic rings. The SMILES string of the molecule is Cc1ccc(O)c(S(=O)(=O)N2CCN(C(=O)CSc3ccc4c(c3)OCCO4)CC2)c1. The van der Waals surface area contributed by atoms with Gasteiger partial charge in [-0.05, 0) is 42.8 Å². The van der Waals surface area contributed by atoms with Crippen LogP contribution in [-0.4, -0.2) is 73.8 Å². The molecule has 31 heavy (non-hydrogen) atoms. The largest absolute Gasteiger partial charge is 0.507 e. The zero-order valence-electron chi connectivity index (χ0n) is 17.1. The van der Waals surface area contributed by atoms with E-state index < -0.39 is 10.0 Å². The number of piperazine rings is 1. The molecule has 0 bridgehead atoms. The Bertz CT molecular complexity index is 1080. The van der Waals surface area contributed by atoms with Gasteiger partial charge in [-0.1, -0.05) is 6.07 Å². The number of sulfonamides is 1. The molecule has 0 spiro atoms. The van der Waals surface area contributed by atoms with Crippen LogP contribution in [0.3, 0.4) is 0 Å². The Labute approximate surface area is 185 Å². The van der Waals surface area contributed by atoms with Crippen molar-refractivity contribution in [2.24, 2.45) is 0 Å². The first-order valence-corrected chi connectivity index (χ1v) is 12.4. The van der Waals surface area contributed by atoms with Crippen molar-refractivity contribution in [1.29, 1.82) is 0 Å². The van der Waals surface area contributed by atoms with Crippen LogP contribution in [0.5, 0.6) is 17.2 Å². The lowest BCUT2D eigenvalue weighted by Crippen LogP contribution is -2.51. The van der Waals surface area contributed by atoms with Gasteiger partial charge in [0.05, 0.1) is 5.75 Å². The van der Waals surface area contributed by atoms with Crippen LogP contribution >= 0.6 is 11.8 Å². The monoisotopic (exact) mass is 464 g/mol. The number of ether oxygens (including phenoxy) is 2. The van der Waals surface area contributed by atoms with E-state index >= 15 is 0 Å². The smallest absolute Gasteiger partial charge is 0.246 e. The van der Waals surface area contributed by atoms with E-state index in [1.165, 1.54) is 28.2 Å². The first-order chi connectivity index (χ1) is 14.8. The third-order valence-electron chi connectivity index (χ3n) is 5.20. The number of carbonyl (C=O) groups is 1. The molecule has 8 nitrogen and oxygen atoms in total. The van der Waals surface area contributed by atoms with Crippen molar-refractivity contribution in [2.45, 2.75) is 16.7 Å². The van der Waals surface area contributed by atoms with Crippen molar-refractivity contribution in [3.05, 3.63) is 42.0 Å². The van der Waals surface area contributed by atoms with Crippen LogP contribution in [0.1, 0.15) is 5.56 Å². The van der Waals surface area contributed by atoms with Crippen LogP contribution in [0.4, 0.5) is 0 Å². The lowest BCUT2D eigenvalue weighted by molar-refractivity contribution is -0.129. The Morgan fingerprint density at radius 3 is 2.48 bits per heavy atom. The maximum atomic E-state index is 12.9. The molecule has 166 valence electrons. The molecule has 0 radical (unpaired) electrons. The standard InChI is InChI=1S/C21H24N2O6S2/c1-15-2-4-17(24)20(12-15)31(26,27)23-8-6-22(7-9-23)21(25)14-30-16-3-5-18-19(13-16)29-11-10-28-18/h2-5,12-13,24H,6-11,14H2,1H3. The van der Waals surface area contributed by atoms with Crippen molar-refractivity contribution in [2.75, 3.05) is 45.1 Å². The van der Waals surface area contributed by atoms with Gasteiger partial charge in [-0.3, -0.25) is 4.79 Å². The number of fused-ring (bicyclic) bond motifs is 1. The predicted octanol–water partition coefficient (Wildman–Crippen LogP) is 2.10. The van der Waals surface area contributed by atoms with Crippen LogP contribution in [0.2, 0.25) is 0 Å². The molecule has 0 aromatic heterocycles. The van der Waals surface area contributed by atoms with E-state index in [-0.39, 0.29) is 35.4 Å². The van der Waals surface area contributed by atoms with Gasteiger partial charge in [0.15, 0.2) is 11.5 Å². The number of aryl methyl sites for hydroxylation is 1. The van der Waals surface area contributed by atoms with Gasteiger partial charge in [-0.15, -0.1) is 11.8 Å². The van der Waals surface area contributed by atoms with Gasteiger partial charge in [0.1, 0.15) is 23.9 Å². The molecule has 2 aromatic carbocycles. The van der Waals surface area contributed by atoms with E-state index in [1.54, 1.807) is 17.9 Å². The summed E-state index contributed by atoms with van der Waals surface area (Å²) in [5.41, 5.74) is 0.751. The minimum atomic E-state index is -3.81. The van der Waals surface area contributed by atoms with Crippen LogP contribution < -0.4 is 9.47 Å². The molecule has 0 unspecified atom stereocenters. The van der Waals surface area contributed by atoms with Gasteiger partial charge in [0.25, 0.3) is 0 Å². The summed E-state index contributed by atoms with van der Waals surface area (Å²) >= 11 is 1.41. The maximum absolute atomic E-state index is 12.9. The van der Waals surface area contributed by atoms with E-state index in [0.717, 1.165) is 10.5 Å². The highest BCUT2D eigenvalue weighted by molar-refractivity contribution is 8.00. The molecule has 2 aliphatic heterocycles. The average Bonchev–Trinajstić information content (AvgIpc) is 2.79. The third-order valence-corrected chi connectivity index (χ3v) is 8.11. The number of hydrogen-bond acceptors (Lipinski definition) is 7. The van der Waals surface area contributed by atoms with Gasteiger partial charge in [-0.25, -0.2) is 8.42 Å². The Balaban J connectivity index is 1.33. The second-order valence-electron chi connectivity index (χ2n) is 7.35. The normalized spacial score (nSPS) is 16.9. The van der Waals surface area contributed by atoms with Crippen LogP contribution in [0.25, 0.3) is 0 Å². The van der Waals surface area contributed by atoms with Gasteiger partial charge >= 0.3 is 0 Å². The molecule has 1 saturated heterocycles. The van der Waals surface area contributed by atoms with Crippen LogP contribution in [0.15, 0.2) is 46.2 Å². The van der Waals surface area contributed by atoms with Crippen molar-refractivity contribution < 1.29 is 27.8 Å². The zero-order chi connectivity index (χ0) is 22.0. The Hall–Kier alpha value is -2.43. The molecule has 1 fully saturated rings. The number of amides is 1. The van der Waals surface area contributed by atoms with Gasteiger partial charge < -0.3 is 19.5 Å². The number of aromatic hydroxyl groups is 1. The van der Waals surface area contributed by atoms with E-state index in [9.17, 15) is 18.3 Å². The molecule has 1 N–H and O–H groups in total. The molecule has 0 aliphatic carbocycles. The molecule has 0 atom stereocenters. The minimum Gasteiger partial charge on any atom is -0.507 e. The van der Waals surface area contributed by atoms with E-state index in [0.29, 0.717) is 37.8 Å². The fourth-order valence-electron chi connectivity index (χ4n) is 3.49. The average molecular weight is 465 g/mol. The number of thioether (sulfide) groups is 1. The first kappa shape index (κ1) is 21.8. The van der Waals surface area contributed by atoms with Gasteiger partial charge in [0.2, 0.25) is 15.9 Å². The molecule has 1 amide bonds. The summed E-state index contributed by atoms with van der Waals surface area (Å²) in [6.45, 7) is 3.82. The number of phenolic OH excluding ortho intramolecular Hbond substituents is 1. The maximum Gasteiger partial charge on any atom is 0.246 e. The third kappa shape index (κ3) is 4.76. The number of carbonyl (C=O) groups excluding carboxylic acids is 1. The van der Waals surface area contributed by atoms with Crippen LogP contribution in [0, 0.1) is 6.92 Å². The predicted molar refractivity (Wildman–Crippen MR) is 116 cm³/mol. The fourth-order valence-corrected chi connectivity index (χ4v) is 5.91. The Morgan fingerprint density at radius 2 is 1.74 bits per heavy atom. The summed E-state index contributed by atoms with van der Waals surface area (Å²) in [5.74, 6) is 1.33. The van der Waals surface area contributed by atoms with Crippen molar-refractivity contribution in [1.82, 2.24) is 9.21 Å².